The first-order valence-electron chi connectivity index (χ1n) is 7.89. The number of para-hydroxylation sites is 1. The molecule has 1 aromatic heterocycles. The van der Waals surface area contributed by atoms with Gasteiger partial charge in [0.05, 0.1) is 20.8 Å². The second kappa shape index (κ2) is 9.39. The molecule has 128 valence electrons. The molecular formula is C18H24N4O2. The first kappa shape index (κ1) is 17.6. The summed E-state index contributed by atoms with van der Waals surface area (Å²) in [6, 6.07) is 11.7. The Morgan fingerprint density at radius 2 is 1.92 bits per heavy atom. The highest BCUT2D eigenvalue weighted by Gasteiger charge is 2.03. The number of hydrogen-bond donors (Lipinski definition) is 2. The smallest absolute Gasteiger partial charge is 0.212 e. The van der Waals surface area contributed by atoms with Crippen molar-refractivity contribution in [3.05, 3.63) is 53.7 Å². The first-order valence-corrected chi connectivity index (χ1v) is 7.89. The lowest BCUT2D eigenvalue weighted by atomic mass is 10.2. The monoisotopic (exact) mass is 328 g/mol. The molecule has 0 aliphatic heterocycles. The van der Waals surface area contributed by atoms with Gasteiger partial charge in [-0.05, 0) is 18.6 Å². The summed E-state index contributed by atoms with van der Waals surface area (Å²) in [5.41, 5.74) is 2.10. The fourth-order valence-corrected chi connectivity index (χ4v) is 2.17. The van der Waals surface area contributed by atoms with E-state index in [1.807, 2.05) is 43.3 Å². The zero-order chi connectivity index (χ0) is 17.2. The van der Waals surface area contributed by atoms with Crippen LogP contribution in [-0.2, 0) is 13.1 Å². The molecule has 2 rings (SSSR count). The molecule has 0 atom stereocenters. The van der Waals surface area contributed by atoms with E-state index in [0.29, 0.717) is 19.0 Å². The molecule has 0 aliphatic carbocycles. The topological polar surface area (TPSA) is 67.8 Å². The third-order valence-corrected chi connectivity index (χ3v) is 3.41. The molecule has 0 saturated carbocycles. The zero-order valence-electron chi connectivity index (χ0n) is 14.4. The van der Waals surface area contributed by atoms with Gasteiger partial charge >= 0.3 is 0 Å². The molecule has 0 fully saturated rings. The summed E-state index contributed by atoms with van der Waals surface area (Å²) in [7, 11) is 3.28. The molecule has 2 aromatic rings. The predicted molar refractivity (Wildman–Crippen MR) is 95.4 cm³/mol. The Morgan fingerprint density at radius 3 is 2.58 bits per heavy atom. The fourth-order valence-electron chi connectivity index (χ4n) is 2.17. The van der Waals surface area contributed by atoms with Gasteiger partial charge in [-0.3, -0.25) is 0 Å². The molecule has 0 bridgehead atoms. The number of benzene rings is 1. The fraction of sp³-hybridized carbons (Fsp3) is 0.333. The van der Waals surface area contributed by atoms with E-state index in [4.69, 9.17) is 9.47 Å². The van der Waals surface area contributed by atoms with Gasteiger partial charge in [0.1, 0.15) is 5.75 Å². The normalized spacial score (nSPS) is 11.0. The van der Waals surface area contributed by atoms with Crippen molar-refractivity contribution in [2.75, 3.05) is 20.8 Å². The zero-order valence-corrected chi connectivity index (χ0v) is 14.4. The van der Waals surface area contributed by atoms with E-state index >= 15 is 0 Å². The van der Waals surface area contributed by atoms with Crippen LogP contribution in [0.1, 0.15) is 18.1 Å². The van der Waals surface area contributed by atoms with Crippen LogP contribution in [0.15, 0.2) is 47.6 Å². The maximum Gasteiger partial charge on any atom is 0.212 e. The van der Waals surface area contributed by atoms with Crippen LogP contribution >= 0.6 is 0 Å². The average molecular weight is 328 g/mol. The molecular weight excluding hydrogens is 304 g/mol. The highest BCUT2D eigenvalue weighted by atomic mass is 16.5. The van der Waals surface area contributed by atoms with Gasteiger partial charge in [0.25, 0.3) is 0 Å². The van der Waals surface area contributed by atoms with Crippen molar-refractivity contribution in [1.82, 2.24) is 15.6 Å². The van der Waals surface area contributed by atoms with Gasteiger partial charge in [-0.15, -0.1) is 0 Å². The predicted octanol–water partition coefficient (Wildman–Crippen LogP) is 2.35. The van der Waals surface area contributed by atoms with Crippen LogP contribution in [0.4, 0.5) is 0 Å². The van der Waals surface area contributed by atoms with E-state index in [-0.39, 0.29) is 0 Å². The summed E-state index contributed by atoms with van der Waals surface area (Å²) in [6.07, 6.45) is 1.77. The quantitative estimate of drug-likeness (QED) is 0.603. The molecule has 24 heavy (non-hydrogen) atoms. The van der Waals surface area contributed by atoms with Gasteiger partial charge in [0.2, 0.25) is 5.88 Å². The minimum atomic E-state index is 0.540. The third-order valence-electron chi connectivity index (χ3n) is 3.41. The highest BCUT2D eigenvalue weighted by molar-refractivity contribution is 5.79. The number of ether oxygens (including phenoxy) is 2. The second-order valence-corrected chi connectivity index (χ2v) is 5.07. The van der Waals surface area contributed by atoms with Crippen LogP contribution in [0.5, 0.6) is 11.6 Å². The Kier molecular flexibility index (Phi) is 6.89. The van der Waals surface area contributed by atoms with E-state index in [1.54, 1.807) is 20.4 Å². The van der Waals surface area contributed by atoms with E-state index in [1.165, 1.54) is 0 Å². The summed E-state index contributed by atoms with van der Waals surface area (Å²) in [6.45, 7) is 4.00. The van der Waals surface area contributed by atoms with Gasteiger partial charge in [0.15, 0.2) is 5.96 Å². The van der Waals surface area contributed by atoms with E-state index in [9.17, 15) is 0 Å². The largest absolute Gasteiger partial charge is 0.496 e. The van der Waals surface area contributed by atoms with Crippen molar-refractivity contribution >= 4 is 5.96 Å². The molecule has 0 spiro atoms. The number of guanidine groups is 1. The molecule has 6 heteroatoms. The molecule has 0 radical (unpaired) electrons. The summed E-state index contributed by atoms with van der Waals surface area (Å²) in [5.74, 6) is 2.21. The highest BCUT2D eigenvalue weighted by Crippen LogP contribution is 2.16. The number of rotatable bonds is 7. The van der Waals surface area contributed by atoms with Gasteiger partial charge in [-0.2, -0.15) is 0 Å². The average Bonchev–Trinajstić information content (AvgIpc) is 2.64. The van der Waals surface area contributed by atoms with Gasteiger partial charge in [-0.25, -0.2) is 9.98 Å². The lowest BCUT2D eigenvalue weighted by Crippen LogP contribution is -2.36. The van der Waals surface area contributed by atoms with Crippen molar-refractivity contribution in [3.63, 3.8) is 0 Å². The maximum atomic E-state index is 5.37. The molecule has 0 saturated heterocycles. The Hall–Kier alpha value is -2.76. The van der Waals surface area contributed by atoms with Crippen LogP contribution in [0, 0.1) is 0 Å². The van der Waals surface area contributed by atoms with Crippen molar-refractivity contribution in [1.29, 1.82) is 0 Å². The molecule has 0 aliphatic rings. The second-order valence-electron chi connectivity index (χ2n) is 5.07. The number of methoxy groups -OCH3 is 2. The van der Waals surface area contributed by atoms with Gasteiger partial charge < -0.3 is 20.1 Å². The van der Waals surface area contributed by atoms with Crippen molar-refractivity contribution in [2.24, 2.45) is 4.99 Å². The van der Waals surface area contributed by atoms with Crippen LogP contribution in [0.2, 0.25) is 0 Å². The SMILES string of the molecule is CCNC(=NCc1ccc(OC)nc1)NCc1ccccc1OC. The molecule has 2 N–H and O–H groups in total. The first-order chi connectivity index (χ1) is 11.8. The Labute approximate surface area is 142 Å². The Balaban J connectivity index is 1.99. The molecule has 0 amide bonds. The molecule has 1 aromatic carbocycles. The number of nitrogens with one attached hydrogen (secondary N) is 2. The van der Waals surface area contributed by atoms with Crippen LogP contribution in [0.25, 0.3) is 0 Å². The molecule has 0 unspecified atom stereocenters. The number of hydrogen-bond acceptors (Lipinski definition) is 4. The number of pyridine rings is 1. The minimum Gasteiger partial charge on any atom is -0.496 e. The van der Waals surface area contributed by atoms with Crippen molar-refractivity contribution in [2.45, 2.75) is 20.0 Å². The Bertz CT molecular complexity index is 656. The molecule has 1 heterocycles. The minimum absolute atomic E-state index is 0.540. The van der Waals surface area contributed by atoms with Crippen LogP contribution in [0.3, 0.4) is 0 Å². The number of nitrogens with zero attached hydrogens (tertiary/aromatic N) is 2. The Morgan fingerprint density at radius 1 is 1.08 bits per heavy atom. The lowest BCUT2D eigenvalue weighted by Gasteiger charge is -2.13. The van der Waals surface area contributed by atoms with E-state index in [2.05, 4.69) is 20.6 Å². The lowest BCUT2D eigenvalue weighted by molar-refractivity contribution is 0.397. The summed E-state index contributed by atoms with van der Waals surface area (Å²) in [5, 5.41) is 6.55. The maximum absolute atomic E-state index is 5.37. The van der Waals surface area contributed by atoms with Gasteiger partial charge in [-0.1, -0.05) is 24.3 Å². The summed E-state index contributed by atoms with van der Waals surface area (Å²) >= 11 is 0. The number of aromatic nitrogens is 1. The molecule has 6 nitrogen and oxygen atoms in total. The van der Waals surface area contributed by atoms with E-state index in [0.717, 1.165) is 29.4 Å². The van der Waals surface area contributed by atoms with Crippen molar-refractivity contribution in [3.8, 4) is 11.6 Å². The third kappa shape index (κ3) is 5.15. The van der Waals surface area contributed by atoms with Gasteiger partial charge in [0, 0.05) is 30.9 Å². The van der Waals surface area contributed by atoms with Crippen LogP contribution in [-0.4, -0.2) is 31.7 Å². The standard InChI is InChI=1S/C18H24N4O2/c1-4-19-18(21-12-14-9-10-17(24-3)20-11-14)22-13-15-7-5-6-8-16(15)23-2/h5-11H,4,12-13H2,1-3H3,(H2,19,21,22). The summed E-state index contributed by atoms with van der Waals surface area (Å²) in [4.78, 5) is 8.77. The number of aliphatic imine (C=N–C) groups is 1. The van der Waals surface area contributed by atoms with Crippen LogP contribution < -0.4 is 20.1 Å². The van der Waals surface area contributed by atoms with E-state index < -0.39 is 0 Å². The van der Waals surface area contributed by atoms with Crippen molar-refractivity contribution < 1.29 is 9.47 Å². The summed E-state index contributed by atoms with van der Waals surface area (Å²) < 4.78 is 10.4.